The Morgan fingerprint density at radius 2 is 1.71 bits per heavy atom. The Bertz CT molecular complexity index is 611. The summed E-state index contributed by atoms with van der Waals surface area (Å²) in [6.45, 7) is 1.73. The number of hydrogen-bond acceptors (Lipinski definition) is 3. The maximum absolute atomic E-state index is 13.2. The van der Waals surface area contributed by atoms with Crippen molar-refractivity contribution in [3.8, 4) is 6.07 Å². The van der Waals surface area contributed by atoms with E-state index in [-0.39, 0.29) is 6.42 Å². The van der Waals surface area contributed by atoms with Crippen LogP contribution in [0.3, 0.4) is 0 Å². The third-order valence-corrected chi connectivity index (χ3v) is 3.92. The molecule has 132 valence electrons. The molecule has 1 fully saturated rings. The van der Waals surface area contributed by atoms with Crippen LogP contribution in [0.2, 0.25) is 0 Å². The predicted octanol–water partition coefficient (Wildman–Crippen LogP) is 3.58. The largest absolute Gasteiger partial charge is 0.416 e. The van der Waals surface area contributed by atoms with E-state index in [0.717, 1.165) is 0 Å². The van der Waals surface area contributed by atoms with Gasteiger partial charge in [-0.05, 0) is 23.8 Å². The topological polar surface area (TPSA) is 39.1 Å². The van der Waals surface area contributed by atoms with Crippen LogP contribution in [0.4, 0.5) is 26.3 Å². The molecule has 0 unspecified atom stereocenters. The molecule has 1 heterocycles. The lowest BCUT2D eigenvalue weighted by atomic mass is 9.93. The average molecular weight is 351 g/mol. The van der Waals surface area contributed by atoms with Crippen LogP contribution in [0.25, 0.3) is 0 Å². The van der Waals surface area contributed by atoms with Gasteiger partial charge in [-0.25, -0.2) is 0 Å². The minimum absolute atomic E-state index is 0.315. The maximum Gasteiger partial charge on any atom is 0.416 e. The molecule has 0 saturated carbocycles. The second-order valence-electron chi connectivity index (χ2n) is 5.46. The van der Waals surface area contributed by atoms with Crippen LogP contribution in [0, 0.1) is 11.3 Å². The summed E-state index contributed by atoms with van der Waals surface area (Å²) in [5, 5.41) is 12.0. The van der Waals surface area contributed by atoms with Gasteiger partial charge in [0.25, 0.3) is 0 Å². The summed E-state index contributed by atoms with van der Waals surface area (Å²) in [6.07, 6.45) is -9.86. The van der Waals surface area contributed by atoms with E-state index < -0.39 is 35.1 Å². The Labute approximate surface area is 134 Å². The summed E-state index contributed by atoms with van der Waals surface area (Å²) < 4.78 is 78.5. The standard InChI is InChI=1S/C15H15F6N3/c16-14(17,18)10-1-2-12(15(19,20)21)11(9-10)13(3-4-22)24-7-5-23-6-8-24/h1-2,9,13,23H,3,5-8H2/t13-/m0/s1. The van der Waals surface area contributed by atoms with Crippen molar-refractivity contribution >= 4 is 0 Å². The molecule has 0 amide bonds. The summed E-state index contributed by atoms with van der Waals surface area (Å²) in [5.41, 5.74) is -2.78. The van der Waals surface area contributed by atoms with Crippen LogP contribution in [0.15, 0.2) is 18.2 Å². The zero-order valence-electron chi connectivity index (χ0n) is 12.5. The van der Waals surface area contributed by atoms with Gasteiger partial charge in [0.05, 0.1) is 23.6 Å². The van der Waals surface area contributed by atoms with Crippen LogP contribution in [0.5, 0.6) is 0 Å². The summed E-state index contributed by atoms with van der Waals surface area (Å²) in [5.74, 6) is 0. The highest BCUT2D eigenvalue weighted by molar-refractivity contribution is 5.38. The third-order valence-electron chi connectivity index (χ3n) is 3.92. The summed E-state index contributed by atoms with van der Waals surface area (Å²) in [7, 11) is 0. The van der Waals surface area contributed by atoms with E-state index in [1.54, 1.807) is 11.0 Å². The molecule has 1 aliphatic heterocycles. The fourth-order valence-electron chi connectivity index (χ4n) is 2.79. The lowest BCUT2D eigenvalue weighted by Crippen LogP contribution is -2.45. The minimum Gasteiger partial charge on any atom is -0.314 e. The summed E-state index contributed by atoms with van der Waals surface area (Å²) in [4.78, 5) is 1.62. The van der Waals surface area contributed by atoms with Gasteiger partial charge in [0.1, 0.15) is 0 Å². The number of nitrogens with one attached hydrogen (secondary N) is 1. The van der Waals surface area contributed by atoms with Gasteiger partial charge in [0.2, 0.25) is 0 Å². The van der Waals surface area contributed by atoms with Crippen LogP contribution in [-0.4, -0.2) is 31.1 Å². The fourth-order valence-corrected chi connectivity index (χ4v) is 2.79. The number of alkyl halides is 6. The Hall–Kier alpha value is -1.79. The van der Waals surface area contributed by atoms with Gasteiger partial charge < -0.3 is 5.32 Å². The van der Waals surface area contributed by atoms with Gasteiger partial charge in [0.15, 0.2) is 0 Å². The molecule has 0 radical (unpaired) electrons. The van der Waals surface area contributed by atoms with Crippen molar-refractivity contribution in [3.05, 3.63) is 34.9 Å². The molecule has 9 heteroatoms. The zero-order valence-corrected chi connectivity index (χ0v) is 12.5. The quantitative estimate of drug-likeness (QED) is 0.846. The van der Waals surface area contributed by atoms with Gasteiger partial charge in [-0.2, -0.15) is 31.6 Å². The molecule has 3 nitrogen and oxygen atoms in total. The average Bonchev–Trinajstić information content (AvgIpc) is 2.51. The molecule has 24 heavy (non-hydrogen) atoms. The van der Waals surface area contributed by atoms with Gasteiger partial charge in [-0.1, -0.05) is 0 Å². The number of nitriles is 1. The van der Waals surface area contributed by atoms with E-state index in [1.807, 2.05) is 0 Å². The minimum atomic E-state index is -4.79. The van der Waals surface area contributed by atoms with Gasteiger partial charge in [0, 0.05) is 32.2 Å². The lowest BCUT2D eigenvalue weighted by molar-refractivity contribution is -0.142. The van der Waals surface area contributed by atoms with Gasteiger partial charge in [-0.15, -0.1) is 0 Å². The number of halogens is 6. The molecule has 2 rings (SSSR count). The van der Waals surface area contributed by atoms with Crippen molar-refractivity contribution in [2.24, 2.45) is 0 Å². The molecule has 0 aromatic heterocycles. The molecule has 0 aliphatic carbocycles. The number of piperazine rings is 1. The summed E-state index contributed by atoms with van der Waals surface area (Å²) in [6, 6.07) is 2.15. The first-order valence-electron chi connectivity index (χ1n) is 7.24. The summed E-state index contributed by atoms with van der Waals surface area (Å²) >= 11 is 0. The van der Waals surface area contributed by atoms with E-state index >= 15 is 0 Å². The van der Waals surface area contributed by atoms with Crippen molar-refractivity contribution < 1.29 is 26.3 Å². The normalized spacial score (nSPS) is 18.2. The van der Waals surface area contributed by atoms with E-state index in [2.05, 4.69) is 5.32 Å². The highest BCUT2D eigenvalue weighted by atomic mass is 19.4. The smallest absolute Gasteiger partial charge is 0.314 e. The van der Waals surface area contributed by atoms with Crippen molar-refractivity contribution in [2.75, 3.05) is 26.2 Å². The number of benzene rings is 1. The molecular weight excluding hydrogens is 336 g/mol. The van der Waals surface area contributed by atoms with Crippen LogP contribution < -0.4 is 5.32 Å². The third kappa shape index (κ3) is 4.19. The number of rotatable bonds is 3. The first kappa shape index (κ1) is 18.5. The van der Waals surface area contributed by atoms with Crippen molar-refractivity contribution in [2.45, 2.75) is 24.8 Å². The van der Waals surface area contributed by atoms with E-state index in [1.165, 1.54) is 0 Å². The Balaban J connectivity index is 2.54. The molecule has 1 saturated heterocycles. The Morgan fingerprint density at radius 1 is 1.08 bits per heavy atom. The molecule has 1 N–H and O–H groups in total. The molecule has 0 spiro atoms. The number of nitrogens with zero attached hydrogens (tertiary/aromatic N) is 2. The van der Waals surface area contributed by atoms with Crippen molar-refractivity contribution in [1.82, 2.24) is 10.2 Å². The van der Waals surface area contributed by atoms with Crippen LogP contribution >= 0.6 is 0 Å². The molecule has 1 aliphatic rings. The second-order valence-corrected chi connectivity index (χ2v) is 5.46. The molecule has 1 aromatic carbocycles. The Kier molecular flexibility index (Phi) is 5.40. The highest BCUT2D eigenvalue weighted by Crippen LogP contribution is 2.40. The molecule has 0 bridgehead atoms. The first-order chi connectivity index (χ1) is 11.1. The van der Waals surface area contributed by atoms with Crippen molar-refractivity contribution in [1.29, 1.82) is 5.26 Å². The van der Waals surface area contributed by atoms with Gasteiger partial charge >= 0.3 is 12.4 Å². The second kappa shape index (κ2) is 6.99. The number of hydrogen-bond donors (Lipinski definition) is 1. The molecular formula is C15H15F6N3. The zero-order chi connectivity index (χ0) is 18.0. The maximum atomic E-state index is 13.2. The fraction of sp³-hybridized carbons (Fsp3) is 0.533. The first-order valence-corrected chi connectivity index (χ1v) is 7.24. The molecule has 1 atom stereocenters. The van der Waals surface area contributed by atoms with Gasteiger partial charge in [-0.3, -0.25) is 4.90 Å². The van der Waals surface area contributed by atoms with E-state index in [0.29, 0.717) is 44.4 Å². The Morgan fingerprint density at radius 3 is 2.21 bits per heavy atom. The van der Waals surface area contributed by atoms with E-state index in [9.17, 15) is 26.3 Å². The van der Waals surface area contributed by atoms with Crippen LogP contribution in [-0.2, 0) is 12.4 Å². The van der Waals surface area contributed by atoms with Crippen LogP contribution in [0.1, 0.15) is 29.2 Å². The highest BCUT2D eigenvalue weighted by Gasteiger charge is 2.39. The predicted molar refractivity (Wildman–Crippen MR) is 73.9 cm³/mol. The van der Waals surface area contributed by atoms with E-state index in [4.69, 9.17) is 5.26 Å². The molecule has 1 aromatic rings. The monoisotopic (exact) mass is 351 g/mol. The van der Waals surface area contributed by atoms with Crippen molar-refractivity contribution in [3.63, 3.8) is 0 Å². The SMILES string of the molecule is N#CC[C@@H](c1cc(C(F)(F)F)ccc1C(F)(F)F)N1CCNCC1. The lowest BCUT2D eigenvalue weighted by Gasteiger charge is -2.35.